The van der Waals surface area contributed by atoms with Gasteiger partial charge in [-0.25, -0.2) is 23.5 Å². The van der Waals surface area contributed by atoms with Gasteiger partial charge in [-0.3, -0.25) is 14.8 Å². The van der Waals surface area contributed by atoms with Crippen LogP contribution in [0.3, 0.4) is 0 Å². The standard InChI is InChI=1S/C25H24BF2N6O3/c1-14(29)17(7-26-2)18-5-19-16(10-32-18)12-34(25(35)33(19)11-15-8-30-13-31-9-15)24-22(27)20(36-3)6-21(37-4)23(24)28/h5-10,13,29H,11-12H2,1-4H3/b17-7+,29-14?. The van der Waals surface area contributed by atoms with Crippen LogP contribution in [0.25, 0.3) is 5.57 Å². The summed E-state index contributed by atoms with van der Waals surface area (Å²) in [6.45, 7) is 3.34. The molecule has 4 rings (SSSR count). The maximum atomic E-state index is 15.4. The van der Waals surface area contributed by atoms with Crippen molar-refractivity contribution < 1.29 is 23.0 Å². The summed E-state index contributed by atoms with van der Waals surface area (Å²) in [6, 6.07) is 2.10. The first kappa shape index (κ1) is 25.7. The molecule has 0 saturated carbocycles. The molecule has 1 radical (unpaired) electrons. The van der Waals surface area contributed by atoms with Crippen molar-refractivity contribution >= 4 is 36.0 Å². The average Bonchev–Trinajstić information content (AvgIpc) is 2.90. The third-order valence-electron chi connectivity index (χ3n) is 5.83. The van der Waals surface area contributed by atoms with Crippen molar-refractivity contribution in [3.8, 4) is 11.5 Å². The van der Waals surface area contributed by atoms with E-state index in [0.717, 1.165) is 11.0 Å². The molecule has 0 bridgehead atoms. The van der Waals surface area contributed by atoms with Crippen molar-refractivity contribution in [3.63, 3.8) is 0 Å². The van der Waals surface area contributed by atoms with E-state index in [1.54, 1.807) is 38.6 Å². The predicted octanol–water partition coefficient (Wildman–Crippen LogP) is 4.45. The smallest absolute Gasteiger partial charge is 0.329 e. The summed E-state index contributed by atoms with van der Waals surface area (Å²) in [5.41, 5.74) is 2.41. The minimum Gasteiger partial charge on any atom is -0.493 e. The van der Waals surface area contributed by atoms with E-state index in [1.165, 1.54) is 31.6 Å². The maximum Gasteiger partial charge on any atom is 0.329 e. The van der Waals surface area contributed by atoms with E-state index in [4.69, 9.17) is 14.9 Å². The zero-order chi connectivity index (χ0) is 26.7. The molecule has 1 aliphatic heterocycles. The highest BCUT2D eigenvalue weighted by Crippen LogP contribution is 2.41. The number of hydrogen-bond acceptors (Lipinski definition) is 7. The van der Waals surface area contributed by atoms with Crippen LogP contribution in [0.2, 0.25) is 6.82 Å². The molecule has 0 atom stereocenters. The molecule has 189 valence electrons. The average molecular weight is 505 g/mol. The highest BCUT2D eigenvalue weighted by molar-refractivity contribution is 6.45. The van der Waals surface area contributed by atoms with Crippen molar-refractivity contribution in [1.29, 1.82) is 5.41 Å². The molecule has 0 unspecified atom stereocenters. The number of carbonyl (C=O) groups is 1. The fourth-order valence-electron chi connectivity index (χ4n) is 4.08. The van der Waals surface area contributed by atoms with Crippen molar-refractivity contribution in [2.45, 2.75) is 26.8 Å². The van der Waals surface area contributed by atoms with Crippen molar-refractivity contribution in [3.05, 3.63) is 71.5 Å². The van der Waals surface area contributed by atoms with Gasteiger partial charge in [0.1, 0.15) is 19.3 Å². The van der Waals surface area contributed by atoms with Gasteiger partial charge in [0, 0.05) is 47.1 Å². The van der Waals surface area contributed by atoms with Crippen molar-refractivity contribution in [1.82, 2.24) is 15.0 Å². The zero-order valence-corrected chi connectivity index (χ0v) is 20.7. The van der Waals surface area contributed by atoms with E-state index in [9.17, 15) is 4.79 Å². The Labute approximate surface area is 213 Å². The van der Waals surface area contributed by atoms with Crippen LogP contribution in [0.4, 0.5) is 25.0 Å². The fraction of sp³-hybridized carbons (Fsp3) is 0.240. The first-order chi connectivity index (χ1) is 17.8. The van der Waals surface area contributed by atoms with Gasteiger partial charge in [0.2, 0.25) is 0 Å². The molecule has 0 saturated heterocycles. The zero-order valence-electron chi connectivity index (χ0n) is 20.7. The van der Waals surface area contributed by atoms with E-state index in [2.05, 4.69) is 15.0 Å². The minimum absolute atomic E-state index is 0.0273. The number of amides is 2. The lowest BCUT2D eigenvalue weighted by Gasteiger charge is -2.37. The molecular weight excluding hydrogens is 481 g/mol. The van der Waals surface area contributed by atoms with Crippen LogP contribution in [0.1, 0.15) is 23.7 Å². The number of urea groups is 1. The molecule has 0 fully saturated rings. The number of nitrogens with zero attached hydrogens (tertiary/aromatic N) is 5. The first-order valence-corrected chi connectivity index (χ1v) is 11.3. The quantitative estimate of drug-likeness (QED) is 0.359. The number of benzene rings is 1. The topological polar surface area (TPSA) is 105 Å². The van der Waals surface area contributed by atoms with Crippen molar-refractivity contribution in [2.75, 3.05) is 24.0 Å². The molecular formula is C25H24BF2N6O3. The molecule has 3 heterocycles. The number of pyridine rings is 1. The summed E-state index contributed by atoms with van der Waals surface area (Å²) in [7, 11) is 4.27. The van der Waals surface area contributed by atoms with Crippen LogP contribution >= 0.6 is 0 Å². The Balaban J connectivity index is 1.89. The highest BCUT2D eigenvalue weighted by Gasteiger charge is 2.37. The molecule has 37 heavy (non-hydrogen) atoms. The lowest BCUT2D eigenvalue weighted by atomic mass is 9.79. The number of anilines is 2. The van der Waals surface area contributed by atoms with Gasteiger partial charge in [-0.2, -0.15) is 0 Å². The van der Waals surface area contributed by atoms with Crippen LogP contribution in [0.15, 0.2) is 43.0 Å². The summed E-state index contributed by atoms with van der Waals surface area (Å²) in [4.78, 5) is 28.7. The second-order valence-electron chi connectivity index (χ2n) is 8.20. The number of aromatic nitrogens is 3. The van der Waals surface area contributed by atoms with E-state index in [0.29, 0.717) is 33.8 Å². The van der Waals surface area contributed by atoms with Crippen LogP contribution in [0, 0.1) is 17.0 Å². The van der Waals surface area contributed by atoms with Gasteiger partial charge < -0.3 is 14.9 Å². The van der Waals surface area contributed by atoms with Gasteiger partial charge in [-0.15, -0.1) is 5.98 Å². The Bertz CT molecular complexity index is 1360. The lowest BCUT2D eigenvalue weighted by molar-refractivity contribution is 0.249. The number of halogens is 2. The fourth-order valence-corrected chi connectivity index (χ4v) is 4.08. The van der Waals surface area contributed by atoms with Gasteiger partial charge in [-0.05, 0) is 13.0 Å². The number of carbonyl (C=O) groups excluding carboxylic acids is 1. The molecule has 0 spiro atoms. The molecule has 9 nitrogen and oxygen atoms in total. The van der Waals surface area contributed by atoms with E-state index < -0.39 is 23.4 Å². The molecule has 2 amide bonds. The second kappa shape index (κ2) is 10.7. The highest BCUT2D eigenvalue weighted by atomic mass is 19.1. The van der Waals surface area contributed by atoms with Gasteiger partial charge in [0.25, 0.3) is 0 Å². The number of hydrogen-bond donors (Lipinski definition) is 1. The largest absolute Gasteiger partial charge is 0.493 e. The molecule has 3 aromatic rings. The number of methoxy groups -OCH3 is 2. The van der Waals surface area contributed by atoms with E-state index in [-0.39, 0.29) is 24.6 Å². The van der Waals surface area contributed by atoms with E-state index in [1.807, 2.05) is 6.82 Å². The van der Waals surface area contributed by atoms with Crippen LogP contribution in [0.5, 0.6) is 11.5 Å². The molecule has 12 heteroatoms. The van der Waals surface area contributed by atoms with E-state index >= 15 is 8.78 Å². The van der Waals surface area contributed by atoms with Crippen LogP contribution < -0.4 is 19.3 Å². The third kappa shape index (κ3) is 4.86. The molecule has 0 aliphatic carbocycles. The van der Waals surface area contributed by atoms with Gasteiger partial charge in [-0.1, -0.05) is 6.82 Å². The minimum atomic E-state index is -1.03. The molecule has 2 aromatic heterocycles. The Kier molecular flexibility index (Phi) is 7.46. The number of rotatable bonds is 8. The SMILES string of the molecule is C[B]/C=C(\C(C)=N)c1cc2c(cn1)CN(c1c(F)c(OC)cc(OC)c1F)C(=O)N2Cc1cncnc1. The Morgan fingerprint density at radius 3 is 2.35 bits per heavy atom. The first-order valence-electron chi connectivity index (χ1n) is 11.3. The maximum absolute atomic E-state index is 15.4. The summed E-state index contributed by atoms with van der Waals surface area (Å²) < 4.78 is 40.9. The van der Waals surface area contributed by atoms with Crippen molar-refractivity contribution in [2.24, 2.45) is 0 Å². The number of fused-ring (bicyclic) bond motifs is 1. The van der Waals surface area contributed by atoms with Gasteiger partial charge >= 0.3 is 6.03 Å². The Hall–Kier alpha value is -4.35. The summed E-state index contributed by atoms with van der Waals surface area (Å²) in [5, 5.41) is 8.13. The number of nitrogens with one attached hydrogen (secondary N) is 1. The molecule has 1 N–H and O–H groups in total. The third-order valence-corrected chi connectivity index (χ3v) is 5.83. The Morgan fingerprint density at radius 1 is 1.14 bits per heavy atom. The monoisotopic (exact) mass is 505 g/mol. The summed E-state index contributed by atoms with van der Waals surface area (Å²) >= 11 is 0. The normalized spacial score (nSPS) is 13.4. The van der Waals surface area contributed by atoms with Gasteiger partial charge in [0.05, 0.1) is 38.7 Å². The molecule has 1 aliphatic rings. The lowest BCUT2D eigenvalue weighted by Crippen LogP contribution is -2.47. The Morgan fingerprint density at radius 2 is 1.78 bits per heavy atom. The summed E-state index contributed by atoms with van der Waals surface area (Å²) in [5.74, 6) is -0.844. The van der Waals surface area contributed by atoms with Gasteiger partial charge in [0.15, 0.2) is 23.1 Å². The summed E-state index contributed by atoms with van der Waals surface area (Å²) in [6.07, 6.45) is 6.01. The number of ether oxygens (including phenoxy) is 2. The predicted molar refractivity (Wildman–Crippen MR) is 136 cm³/mol. The number of allylic oxidation sites excluding steroid dienone is 1. The molecule has 1 aromatic carbocycles. The van der Waals surface area contributed by atoms with Crippen LogP contribution in [-0.2, 0) is 13.1 Å². The second-order valence-corrected chi connectivity index (χ2v) is 8.20. The van der Waals surface area contributed by atoms with Crippen LogP contribution in [-0.4, -0.2) is 48.2 Å².